The molecule has 2 heteroatoms. The third-order valence-electron chi connectivity index (χ3n) is 8.74. The van der Waals surface area contributed by atoms with Gasteiger partial charge in [-0.3, -0.25) is 0 Å². The van der Waals surface area contributed by atoms with Crippen molar-refractivity contribution in [3.05, 3.63) is 11.6 Å². The second kappa shape index (κ2) is 4.85. The Morgan fingerprint density at radius 2 is 1.78 bits per heavy atom. The summed E-state index contributed by atoms with van der Waals surface area (Å²) in [4.78, 5) is 0. The van der Waals surface area contributed by atoms with Crippen molar-refractivity contribution in [3.8, 4) is 0 Å². The average molecular weight is 316 g/mol. The van der Waals surface area contributed by atoms with Gasteiger partial charge in [0.1, 0.15) is 0 Å². The zero-order valence-corrected chi connectivity index (χ0v) is 14.9. The van der Waals surface area contributed by atoms with Gasteiger partial charge in [-0.05, 0) is 61.7 Å². The zero-order chi connectivity index (χ0) is 15.7. The van der Waals surface area contributed by atoms with E-state index in [1.807, 2.05) is 5.57 Å². The van der Waals surface area contributed by atoms with E-state index < -0.39 is 0 Å². The van der Waals surface area contributed by atoms with Gasteiger partial charge in [-0.1, -0.05) is 38.3 Å². The number of fused-ring (bicyclic) bond motifs is 6. The molecule has 5 rings (SSSR count). The lowest BCUT2D eigenvalue weighted by Crippen LogP contribution is -2.52. The molecule has 0 bridgehead atoms. The van der Waals surface area contributed by atoms with E-state index in [9.17, 15) is 0 Å². The smallest absolute Gasteiger partial charge is 0.174 e. The number of rotatable bonds is 0. The van der Waals surface area contributed by atoms with Crippen LogP contribution in [0.25, 0.3) is 0 Å². The number of allylic oxidation sites excluding steroid dienone is 2. The summed E-state index contributed by atoms with van der Waals surface area (Å²) in [6, 6.07) is 0. The highest BCUT2D eigenvalue weighted by Crippen LogP contribution is 2.67. The van der Waals surface area contributed by atoms with Gasteiger partial charge < -0.3 is 9.47 Å². The van der Waals surface area contributed by atoms with Crippen molar-refractivity contribution in [3.63, 3.8) is 0 Å². The summed E-state index contributed by atoms with van der Waals surface area (Å²) < 4.78 is 12.5. The fourth-order valence-electron chi connectivity index (χ4n) is 7.45. The van der Waals surface area contributed by atoms with E-state index in [1.165, 1.54) is 51.4 Å². The molecule has 5 aliphatic rings. The Hall–Kier alpha value is -0.340. The molecule has 0 radical (unpaired) electrons. The van der Waals surface area contributed by atoms with Crippen LogP contribution in [0.15, 0.2) is 11.6 Å². The molecule has 0 aromatic rings. The van der Waals surface area contributed by atoms with Crippen LogP contribution in [0.2, 0.25) is 0 Å². The van der Waals surface area contributed by atoms with Gasteiger partial charge in [0.2, 0.25) is 0 Å². The second-order valence-electron chi connectivity index (χ2n) is 9.42. The summed E-state index contributed by atoms with van der Waals surface area (Å²) in [5.41, 5.74) is 2.57. The van der Waals surface area contributed by atoms with E-state index in [1.54, 1.807) is 0 Å². The lowest BCUT2D eigenvalue weighted by Gasteiger charge is -2.56. The normalized spacial score (nSPS) is 51.0. The number of ether oxygens (including phenoxy) is 2. The number of hydrogen-bond donors (Lipinski definition) is 0. The van der Waals surface area contributed by atoms with Crippen molar-refractivity contribution in [1.82, 2.24) is 0 Å². The van der Waals surface area contributed by atoms with E-state index in [2.05, 4.69) is 19.9 Å². The summed E-state index contributed by atoms with van der Waals surface area (Å²) in [6.45, 7) is 6.66. The van der Waals surface area contributed by atoms with Gasteiger partial charge in [0.25, 0.3) is 0 Å². The molecule has 4 aliphatic carbocycles. The predicted octanol–water partition coefficient (Wildman–Crippen LogP) is 5.08. The molecular formula is C21H32O2. The van der Waals surface area contributed by atoms with Crippen LogP contribution >= 0.6 is 0 Å². The minimum atomic E-state index is -0.260. The summed E-state index contributed by atoms with van der Waals surface area (Å²) >= 11 is 0. The van der Waals surface area contributed by atoms with Gasteiger partial charge in [-0.25, -0.2) is 0 Å². The first-order chi connectivity index (χ1) is 11.1. The molecule has 1 spiro atoms. The van der Waals surface area contributed by atoms with Crippen LogP contribution in [0.4, 0.5) is 0 Å². The second-order valence-corrected chi connectivity index (χ2v) is 9.42. The lowest BCUT2D eigenvalue weighted by atomic mass is 9.49. The highest BCUT2D eigenvalue weighted by Gasteiger charge is 2.65. The highest BCUT2D eigenvalue weighted by molar-refractivity contribution is 5.29. The first-order valence-electron chi connectivity index (χ1n) is 10.1. The van der Waals surface area contributed by atoms with Crippen LogP contribution in [0.3, 0.4) is 0 Å². The summed E-state index contributed by atoms with van der Waals surface area (Å²) in [5, 5.41) is 0. The molecule has 23 heavy (non-hydrogen) atoms. The van der Waals surface area contributed by atoms with Crippen LogP contribution in [-0.2, 0) is 9.47 Å². The van der Waals surface area contributed by atoms with Gasteiger partial charge in [0.05, 0.1) is 13.2 Å². The minimum absolute atomic E-state index is 0.204. The molecule has 1 heterocycles. The van der Waals surface area contributed by atoms with E-state index >= 15 is 0 Å². The zero-order valence-electron chi connectivity index (χ0n) is 14.9. The maximum absolute atomic E-state index is 6.23. The molecule has 0 aromatic carbocycles. The Labute approximate surface area is 141 Å². The molecule has 128 valence electrons. The maximum atomic E-state index is 6.23. The van der Waals surface area contributed by atoms with Crippen LogP contribution in [0.1, 0.15) is 71.6 Å². The fourth-order valence-corrected chi connectivity index (χ4v) is 7.45. The van der Waals surface area contributed by atoms with E-state index in [0.29, 0.717) is 5.41 Å². The lowest BCUT2D eigenvalue weighted by molar-refractivity contribution is -0.229. The quantitative estimate of drug-likeness (QED) is 0.580. The predicted molar refractivity (Wildman–Crippen MR) is 91.0 cm³/mol. The molecule has 5 atom stereocenters. The van der Waals surface area contributed by atoms with Crippen molar-refractivity contribution in [2.75, 3.05) is 13.2 Å². The standard InChI is InChI=1S/C21H32O2/c1-19-10-4-3-5-15(19)6-7-16-17(19)8-11-20(2)18(16)9-12-21(20)22-13-14-23-21/h8,15-16,18H,3-7,9-14H2,1-2H3. The van der Waals surface area contributed by atoms with E-state index in [4.69, 9.17) is 9.47 Å². The van der Waals surface area contributed by atoms with Crippen molar-refractivity contribution >= 4 is 0 Å². The van der Waals surface area contributed by atoms with Crippen LogP contribution in [0.5, 0.6) is 0 Å². The summed E-state index contributed by atoms with van der Waals surface area (Å²) in [5.74, 6) is 2.28. The molecule has 1 saturated heterocycles. The van der Waals surface area contributed by atoms with Crippen LogP contribution in [-0.4, -0.2) is 19.0 Å². The molecule has 4 fully saturated rings. The Bertz CT molecular complexity index is 532. The molecule has 0 amide bonds. The summed E-state index contributed by atoms with van der Waals surface area (Å²) in [7, 11) is 0. The van der Waals surface area contributed by atoms with E-state index in [0.717, 1.165) is 37.4 Å². The third kappa shape index (κ3) is 1.78. The van der Waals surface area contributed by atoms with Crippen LogP contribution in [0, 0.1) is 28.6 Å². The Kier molecular flexibility index (Phi) is 3.15. The molecule has 0 N–H and O–H groups in total. The minimum Gasteiger partial charge on any atom is -0.347 e. The highest BCUT2D eigenvalue weighted by atomic mass is 16.7. The van der Waals surface area contributed by atoms with Crippen molar-refractivity contribution in [2.24, 2.45) is 28.6 Å². The van der Waals surface area contributed by atoms with Crippen LogP contribution < -0.4 is 0 Å². The molecular weight excluding hydrogens is 284 g/mol. The van der Waals surface area contributed by atoms with Gasteiger partial charge >= 0.3 is 0 Å². The fraction of sp³-hybridized carbons (Fsp3) is 0.905. The molecule has 3 saturated carbocycles. The molecule has 0 aromatic heterocycles. The largest absolute Gasteiger partial charge is 0.347 e. The van der Waals surface area contributed by atoms with Gasteiger partial charge in [0, 0.05) is 11.8 Å². The first-order valence-corrected chi connectivity index (χ1v) is 10.1. The molecule has 2 nitrogen and oxygen atoms in total. The van der Waals surface area contributed by atoms with Gasteiger partial charge in [0.15, 0.2) is 5.79 Å². The Balaban J connectivity index is 1.53. The summed E-state index contributed by atoms with van der Waals surface area (Å²) in [6.07, 6.45) is 14.9. The van der Waals surface area contributed by atoms with Crippen molar-refractivity contribution in [2.45, 2.75) is 77.4 Å². The topological polar surface area (TPSA) is 18.5 Å². The number of hydrogen-bond acceptors (Lipinski definition) is 2. The van der Waals surface area contributed by atoms with Crippen molar-refractivity contribution < 1.29 is 9.47 Å². The van der Waals surface area contributed by atoms with E-state index in [-0.39, 0.29) is 11.2 Å². The first kappa shape index (κ1) is 15.0. The Morgan fingerprint density at radius 1 is 0.957 bits per heavy atom. The Morgan fingerprint density at radius 3 is 2.61 bits per heavy atom. The van der Waals surface area contributed by atoms with Crippen molar-refractivity contribution in [1.29, 1.82) is 0 Å². The maximum Gasteiger partial charge on any atom is 0.174 e. The average Bonchev–Trinajstić information content (AvgIpc) is 3.14. The van der Waals surface area contributed by atoms with Gasteiger partial charge in [-0.15, -0.1) is 0 Å². The monoisotopic (exact) mass is 316 g/mol. The molecule has 1 aliphatic heterocycles. The SMILES string of the molecule is CC12CCCCC1CCC1C2=CCC2(C)C1CCC21OCCO1. The third-order valence-corrected chi connectivity index (χ3v) is 8.74. The van der Waals surface area contributed by atoms with Gasteiger partial charge in [-0.2, -0.15) is 0 Å². The molecule has 5 unspecified atom stereocenters.